The zero-order chi connectivity index (χ0) is 17.6. The van der Waals surface area contributed by atoms with Crippen molar-refractivity contribution in [1.82, 2.24) is 9.62 Å². The number of nitrogens with zero attached hydrogens (tertiary/aromatic N) is 1. The van der Waals surface area contributed by atoms with Gasteiger partial charge in [-0.3, -0.25) is 0 Å². The first kappa shape index (κ1) is 19.2. The number of likely N-dealkylation sites (tertiary alicyclic amines) is 1. The number of hydrogen-bond donors (Lipinski definition) is 1. The van der Waals surface area contributed by atoms with E-state index in [2.05, 4.69) is 16.5 Å². The van der Waals surface area contributed by atoms with Crippen LogP contribution >= 0.6 is 0 Å². The van der Waals surface area contributed by atoms with E-state index in [4.69, 9.17) is 4.74 Å². The van der Waals surface area contributed by atoms with Gasteiger partial charge in [0.2, 0.25) is 10.0 Å². The summed E-state index contributed by atoms with van der Waals surface area (Å²) in [6.45, 7) is 6.66. The highest BCUT2D eigenvalue weighted by molar-refractivity contribution is 7.89. The Hall–Kier alpha value is -1.11. The minimum atomic E-state index is -3.45. The SMILES string of the molecule is CCC1CCCCN1CCCNS(=O)(=O)c1ccc(OC)c(C)c1. The van der Waals surface area contributed by atoms with E-state index in [1.807, 2.05) is 6.92 Å². The number of benzene rings is 1. The summed E-state index contributed by atoms with van der Waals surface area (Å²) in [6.07, 6.45) is 5.86. The van der Waals surface area contributed by atoms with Crippen LogP contribution in [0.15, 0.2) is 23.1 Å². The molecule has 1 fully saturated rings. The highest BCUT2D eigenvalue weighted by Gasteiger charge is 2.20. The molecule has 1 unspecified atom stereocenters. The van der Waals surface area contributed by atoms with Gasteiger partial charge < -0.3 is 9.64 Å². The number of methoxy groups -OCH3 is 1. The summed E-state index contributed by atoms with van der Waals surface area (Å²) in [5, 5.41) is 0. The van der Waals surface area contributed by atoms with E-state index in [1.165, 1.54) is 25.7 Å². The van der Waals surface area contributed by atoms with Crippen LogP contribution in [0.5, 0.6) is 5.75 Å². The molecule has 1 N–H and O–H groups in total. The molecule has 1 aromatic carbocycles. The van der Waals surface area contributed by atoms with Crippen molar-refractivity contribution in [1.29, 1.82) is 0 Å². The third-order valence-electron chi connectivity index (χ3n) is 4.81. The van der Waals surface area contributed by atoms with Gasteiger partial charge in [-0.1, -0.05) is 13.3 Å². The monoisotopic (exact) mass is 354 g/mol. The van der Waals surface area contributed by atoms with Crippen molar-refractivity contribution in [3.8, 4) is 5.75 Å². The summed E-state index contributed by atoms with van der Waals surface area (Å²) < 4.78 is 32.7. The first-order valence-corrected chi connectivity index (χ1v) is 10.3. The van der Waals surface area contributed by atoms with Crippen molar-refractivity contribution in [2.45, 2.75) is 56.9 Å². The Labute approximate surface area is 146 Å². The molecule has 0 bridgehead atoms. The maximum absolute atomic E-state index is 12.4. The predicted octanol–water partition coefficient (Wildman–Crippen LogP) is 2.94. The number of rotatable bonds is 8. The molecule has 0 amide bonds. The summed E-state index contributed by atoms with van der Waals surface area (Å²) in [5.74, 6) is 0.699. The molecule has 6 heteroatoms. The van der Waals surface area contributed by atoms with E-state index < -0.39 is 10.0 Å². The lowest BCUT2D eigenvalue weighted by Gasteiger charge is -2.35. The van der Waals surface area contributed by atoms with E-state index >= 15 is 0 Å². The summed E-state index contributed by atoms with van der Waals surface area (Å²) >= 11 is 0. The molecular weight excluding hydrogens is 324 g/mol. The van der Waals surface area contributed by atoms with Crippen LogP contribution in [-0.2, 0) is 10.0 Å². The Kier molecular flexibility index (Phi) is 7.07. The number of nitrogens with one attached hydrogen (secondary N) is 1. The number of hydrogen-bond acceptors (Lipinski definition) is 4. The smallest absolute Gasteiger partial charge is 0.240 e. The van der Waals surface area contributed by atoms with Gasteiger partial charge in [0.15, 0.2) is 0 Å². The Balaban J connectivity index is 1.85. The molecule has 0 spiro atoms. The van der Waals surface area contributed by atoms with Crippen LogP contribution in [0, 0.1) is 6.92 Å². The van der Waals surface area contributed by atoms with E-state index in [9.17, 15) is 8.42 Å². The van der Waals surface area contributed by atoms with Crippen molar-refractivity contribution in [3.05, 3.63) is 23.8 Å². The van der Waals surface area contributed by atoms with Crippen LogP contribution in [0.3, 0.4) is 0 Å². The van der Waals surface area contributed by atoms with Gasteiger partial charge in [-0.2, -0.15) is 0 Å². The number of ether oxygens (including phenoxy) is 1. The molecule has 0 radical (unpaired) electrons. The highest BCUT2D eigenvalue weighted by atomic mass is 32.2. The topological polar surface area (TPSA) is 58.6 Å². The van der Waals surface area contributed by atoms with Gasteiger partial charge in [0.1, 0.15) is 5.75 Å². The normalized spacial score (nSPS) is 19.4. The van der Waals surface area contributed by atoms with Gasteiger partial charge in [-0.05, 0) is 69.5 Å². The summed E-state index contributed by atoms with van der Waals surface area (Å²) in [4.78, 5) is 2.81. The van der Waals surface area contributed by atoms with Gasteiger partial charge in [-0.25, -0.2) is 13.1 Å². The molecule has 1 atom stereocenters. The van der Waals surface area contributed by atoms with Gasteiger partial charge in [0.25, 0.3) is 0 Å². The third-order valence-corrected chi connectivity index (χ3v) is 6.27. The fourth-order valence-corrected chi connectivity index (χ4v) is 4.57. The lowest BCUT2D eigenvalue weighted by molar-refractivity contribution is 0.143. The molecule has 1 aliphatic heterocycles. The maximum atomic E-state index is 12.4. The lowest BCUT2D eigenvalue weighted by atomic mass is 10.00. The van der Waals surface area contributed by atoms with Gasteiger partial charge in [0, 0.05) is 12.6 Å². The number of sulfonamides is 1. The summed E-state index contributed by atoms with van der Waals surface area (Å²) in [7, 11) is -1.87. The second-order valence-electron chi connectivity index (χ2n) is 6.48. The molecule has 2 rings (SSSR count). The fourth-order valence-electron chi connectivity index (χ4n) is 3.41. The van der Waals surface area contributed by atoms with Crippen LogP contribution < -0.4 is 9.46 Å². The Morgan fingerprint density at radius 1 is 1.33 bits per heavy atom. The third kappa shape index (κ3) is 4.94. The zero-order valence-corrected chi connectivity index (χ0v) is 15.9. The van der Waals surface area contributed by atoms with E-state index in [-0.39, 0.29) is 0 Å². The minimum absolute atomic E-state index is 0.296. The highest BCUT2D eigenvalue weighted by Crippen LogP contribution is 2.21. The Morgan fingerprint density at radius 2 is 2.12 bits per heavy atom. The van der Waals surface area contributed by atoms with Crippen molar-refractivity contribution < 1.29 is 13.2 Å². The minimum Gasteiger partial charge on any atom is -0.496 e. The van der Waals surface area contributed by atoms with Crippen LogP contribution in [0.2, 0.25) is 0 Å². The molecule has 0 saturated carbocycles. The van der Waals surface area contributed by atoms with Crippen LogP contribution in [0.25, 0.3) is 0 Å². The Morgan fingerprint density at radius 3 is 2.79 bits per heavy atom. The second kappa shape index (κ2) is 8.83. The van der Waals surface area contributed by atoms with Gasteiger partial charge in [0.05, 0.1) is 12.0 Å². The van der Waals surface area contributed by atoms with Gasteiger partial charge in [-0.15, -0.1) is 0 Å². The maximum Gasteiger partial charge on any atom is 0.240 e. The molecule has 136 valence electrons. The van der Waals surface area contributed by atoms with Crippen molar-refractivity contribution in [3.63, 3.8) is 0 Å². The molecule has 1 aromatic rings. The quantitative estimate of drug-likeness (QED) is 0.729. The molecule has 24 heavy (non-hydrogen) atoms. The largest absolute Gasteiger partial charge is 0.496 e. The molecular formula is C18H30N2O3S. The van der Waals surface area contributed by atoms with E-state index in [1.54, 1.807) is 25.3 Å². The molecule has 1 saturated heterocycles. The lowest BCUT2D eigenvalue weighted by Crippen LogP contribution is -2.40. The first-order chi connectivity index (χ1) is 11.5. The molecule has 1 aliphatic rings. The van der Waals surface area contributed by atoms with Crippen molar-refractivity contribution in [2.24, 2.45) is 0 Å². The predicted molar refractivity (Wildman–Crippen MR) is 97.0 cm³/mol. The standard InChI is InChI=1S/C18H30N2O3S/c1-4-16-8-5-6-12-20(16)13-7-11-19-24(21,22)17-9-10-18(23-3)15(2)14-17/h9-10,14,16,19H,4-8,11-13H2,1-3H3. The average molecular weight is 355 g/mol. The second-order valence-corrected chi connectivity index (χ2v) is 8.24. The van der Waals surface area contributed by atoms with Crippen LogP contribution in [-0.4, -0.2) is 46.1 Å². The molecule has 1 heterocycles. The van der Waals surface area contributed by atoms with Crippen molar-refractivity contribution in [2.75, 3.05) is 26.7 Å². The van der Waals surface area contributed by atoms with Crippen LogP contribution in [0.4, 0.5) is 0 Å². The number of aryl methyl sites for hydroxylation is 1. The molecule has 5 nitrogen and oxygen atoms in total. The molecule has 0 aliphatic carbocycles. The van der Waals surface area contributed by atoms with Crippen molar-refractivity contribution >= 4 is 10.0 Å². The Bertz CT molecular complexity index is 631. The zero-order valence-electron chi connectivity index (χ0n) is 15.0. The van der Waals surface area contributed by atoms with Gasteiger partial charge >= 0.3 is 0 Å². The fraction of sp³-hybridized carbons (Fsp3) is 0.667. The van der Waals surface area contributed by atoms with Crippen LogP contribution in [0.1, 0.15) is 44.6 Å². The number of piperidine rings is 1. The first-order valence-electron chi connectivity index (χ1n) is 8.86. The summed E-state index contributed by atoms with van der Waals surface area (Å²) in [6, 6.07) is 5.61. The average Bonchev–Trinajstić information content (AvgIpc) is 2.59. The summed E-state index contributed by atoms with van der Waals surface area (Å²) in [5.41, 5.74) is 0.819. The van der Waals surface area contributed by atoms with E-state index in [0.717, 1.165) is 25.1 Å². The molecule has 0 aromatic heterocycles. The van der Waals surface area contributed by atoms with E-state index in [0.29, 0.717) is 23.2 Å².